The summed E-state index contributed by atoms with van der Waals surface area (Å²) in [6, 6.07) is 0. The summed E-state index contributed by atoms with van der Waals surface area (Å²) in [4.78, 5) is 2.55. The molecule has 1 fully saturated rings. The normalized spacial score (nSPS) is 18.4. The van der Waals surface area contributed by atoms with Gasteiger partial charge in [0, 0.05) is 19.6 Å². The molecule has 1 rings (SSSR count). The lowest BCUT2D eigenvalue weighted by Crippen LogP contribution is -2.40. The smallest absolute Gasteiger partial charge is 0.166 e. The molecule has 0 spiro atoms. The minimum atomic E-state index is 0.666. The molecule has 4 heteroatoms. The summed E-state index contributed by atoms with van der Waals surface area (Å²) in [7, 11) is 0. The summed E-state index contributed by atoms with van der Waals surface area (Å²) in [5.41, 5.74) is 0. The van der Waals surface area contributed by atoms with E-state index in [0.717, 1.165) is 24.6 Å². The van der Waals surface area contributed by atoms with Crippen LogP contribution in [0.5, 0.6) is 0 Å². The van der Waals surface area contributed by atoms with Crippen molar-refractivity contribution in [2.45, 2.75) is 33.1 Å². The molecule has 1 aliphatic rings. The fourth-order valence-electron chi connectivity index (χ4n) is 2.04. The second kappa shape index (κ2) is 7.85. The molecule has 16 heavy (non-hydrogen) atoms. The minimum absolute atomic E-state index is 0.666. The predicted octanol–water partition coefficient (Wildman–Crippen LogP) is 1.59. The number of nitrogens with zero attached hydrogens (tertiary/aromatic N) is 1. The lowest BCUT2D eigenvalue weighted by atomic mass is 10.1. The maximum Gasteiger partial charge on any atom is 0.166 e. The van der Waals surface area contributed by atoms with Crippen LogP contribution < -0.4 is 10.6 Å². The van der Waals surface area contributed by atoms with E-state index in [1.807, 2.05) is 0 Å². The first-order chi connectivity index (χ1) is 7.72. The Hall–Kier alpha value is -0.350. The van der Waals surface area contributed by atoms with Crippen molar-refractivity contribution < 1.29 is 0 Å². The van der Waals surface area contributed by atoms with Gasteiger partial charge in [-0.05, 0) is 50.5 Å². The Balaban J connectivity index is 2.04. The van der Waals surface area contributed by atoms with Gasteiger partial charge in [-0.2, -0.15) is 0 Å². The minimum Gasteiger partial charge on any atom is -0.363 e. The van der Waals surface area contributed by atoms with E-state index in [0.29, 0.717) is 5.92 Å². The van der Waals surface area contributed by atoms with Crippen molar-refractivity contribution in [2.75, 3.05) is 32.7 Å². The van der Waals surface area contributed by atoms with Gasteiger partial charge in [-0.3, -0.25) is 0 Å². The molecule has 3 nitrogen and oxygen atoms in total. The summed E-state index contributed by atoms with van der Waals surface area (Å²) < 4.78 is 0. The molecule has 0 aromatic rings. The van der Waals surface area contributed by atoms with Crippen LogP contribution in [0, 0.1) is 5.92 Å². The molecular weight excluding hydrogens is 218 g/mol. The number of hydrogen-bond acceptors (Lipinski definition) is 2. The molecule has 0 amide bonds. The Labute approximate surface area is 105 Å². The van der Waals surface area contributed by atoms with Gasteiger partial charge in [0.2, 0.25) is 0 Å². The monoisotopic (exact) mass is 243 g/mol. The van der Waals surface area contributed by atoms with Crippen LogP contribution in [-0.4, -0.2) is 42.7 Å². The average Bonchev–Trinajstić information content (AvgIpc) is 2.76. The van der Waals surface area contributed by atoms with E-state index in [1.165, 1.54) is 32.5 Å². The zero-order valence-electron chi connectivity index (χ0n) is 10.6. The van der Waals surface area contributed by atoms with Crippen LogP contribution in [-0.2, 0) is 0 Å². The molecule has 0 radical (unpaired) electrons. The second-order valence-electron chi connectivity index (χ2n) is 4.75. The third-order valence-electron chi connectivity index (χ3n) is 2.92. The molecule has 0 saturated carbocycles. The predicted molar refractivity (Wildman–Crippen MR) is 73.7 cm³/mol. The SMILES string of the molecule is CCCNC(=S)NCC(C)CN1CCCC1. The lowest BCUT2D eigenvalue weighted by Gasteiger charge is -2.21. The van der Waals surface area contributed by atoms with Crippen molar-refractivity contribution in [2.24, 2.45) is 5.92 Å². The highest BCUT2D eigenvalue weighted by Gasteiger charge is 2.14. The molecule has 0 bridgehead atoms. The van der Waals surface area contributed by atoms with Crippen molar-refractivity contribution >= 4 is 17.3 Å². The molecule has 1 unspecified atom stereocenters. The molecule has 1 aliphatic heterocycles. The first kappa shape index (κ1) is 13.7. The van der Waals surface area contributed by atoms with Crippen LogP contribution in [0.4, 0.5) is 0 Å². The molecule has 0 aromatic carbocycles. The van der Waals surface area contributed by atoms with E-state index in [2.05, 4.69) is 29.4 Å². The van der Waals surface area contributed by atoms with Crippen molar-refractivity contribution in [3.63, 3.8) is 0 Å². The number of rotatable bonds is 6. The van der Waals surface area contributed by atoms with Crippen molar-refractivity contribution in [3.8, 4) is 0 Å². The largest absolute Gasteiger partial charge is 0.363 e. The van der Waals surface area contributed by atoms with Gasteiger partial charge in [-0.1, -0.05) is 13.8 Å². The van der Waals surface area contributed by atoms with Gasteiger partial charge in [0.25, 0.3) is 0 Å². The van der Waals surface area contributed by atoms with Gasteiger partial charge in [0.05, 0.1) is 0 Å². The lowest BCUT2D eigenvalue weighted by molar-refractivity contribution is 0.288. The zero-order chi connectivity index (χ0) is 11.8. The first-order valence-electron chi connectivity index (χ1n) is 6.46. The second-order valence-corrected chi connectivity index (χ2v) is 5.16. The quantitative estimate of drug-likeness (QED) is 0.693. The molecule has 1 saturated heterocycles. The number of hydrogen-bond donors (Lipinski definition) is 2. The zero-order valence-corrected chi connectivity index (χ0v) is 11.4. The highest BCUT2D eigenvalue weighted by molar-refractivity contribution is 7.80. The fraction of sp³-hybridized carbons (Fsp3) is 0.917. The highest BCUT2D eigenvalue weighted by atomic mass is 32.1. The van der Waals surface area contributed by atoms with E-state index < -0.39 is 0 Å². The summed E-state index contributed by atoms with van der Waals surface area (Å²) in [5, 5.41) is 7.27. The number of nitrogens with one attached hydrogen (secondary N) is 2. The van der Waals surface area contributed by atoms with Gasteiger partial charge in [-0.25, -0.2) is 0 Å². The Morgan fingerprint density at radius 2 is 2.00 bits per heavy atom. The van der Waals surface area contributed by atoms with E-state index in [-0.39, 0.29) is 0 Å². The van der Waals surface area contributed by atoms with Gasteiger partial charge >= 0.3 is 0 Å². The number of likely N-dealkylation sites (tertiary alicyclic amines) is 1. The number of thiocarbonyl (C=S) groups is 1. The Kier molecular flexibility index (Phi) is 6.73. The standard InChI is InChI=1S/C12H25N3S/c1-3-6-13-12(16)14-9-11(2)10-15-7-4-5-8-15/h11H,3-10H2,1-2H3,(H2,13,14,16). The third kappa shape index (κ3) is 5.66. The van der Waals surface area contributed by atoms with E-state index in [1.54, 1.807) is 0 Å². The van der Waals surface area contributed by atoms with E-state index in [4.69, 9.17) is 12.2 Å². The van der Waals surface area contributed by atoms with E-state index >= 15 is 0 Å². The Bertz CT molecular complexity index is 202. The van der Waals surface area contributed by atoms with Crippen LogP contribution in [0.15, 0.2) is 0 Å². The van der Waals surface area contributed by atoms with Crippen LogP contribution in [0.3, 0.4) is 0 Å². The van der Waals surface area contributed by atoms with Gasteiger partial charge in [-0.15, -0.1) is 0 Å². The van der Waals surface area contributed by atoms with Crippen LogP contribution in [0.1, 0.15) is 33.1 Å². The fourth-order valence-corrected chi connectivity index (χ4v) is 2.22. The first-order valence-corrected chi connectivity index (χ1v) is 6.87. The molecule has 0 aromatic heterocycles. The van der Waals surface area contributed by atoms with Gasteiger partial charge < -0.3 is 15.5 Å². The maximum atomic E-state index is 5.18. The van der Waals surface area contributed by atoms with Gasteiger partial charge in [0.15, 0.2) is 5.11 Å². The van der Waals surface area contributed by atoms with Crippen LogP contribution in [0.2, 0.25) is 0 Å². The molecule has 94 valence electrons. The summed E-state index contributed by atoms with van der Waals surface area (Å²) >= 11 is 5.18. The van der Waals surface area contributed by atoms with Gasteiger partial charge in [0.1, 0.15) is 0 Å². The summed E-state index contributed by atoms with van der Waals surface area (Å²) in [6.45, 7) is 10.1. The molecule has 1 heterocycles. The highest BCUT2D eigenvalue weighted by Crippen LogP contribution is 2.09. The topological polar surface area (TPSA) is 27.3 Å². The third-order valence-corrected chi connectivity index (χ3v) is 3.20. The van der Waals surface area contributed by atoms with Crippen molar-refractivity contribution in [1.82, 2.24) is 15.5 Å². The van der Waals surface area contributed by atoms with Crippen molar-refractivity contribution in [3.05, 3.63) is 0 Å². The van der Waals surface area contributed by atoms with Crippen molar-refractivity contribution in [1.29, 1.82) is 0 Å². The molecule has 2 N–H and O–H groups in total. The van der Waals surface area contributed by atoms with E-state index in [9.17, 15) is 0 Å². The summed E-state index contributed by atoms with van der Waals surface area (Å²) in [5.74, 6) is 0.666. The Morgan fingerprint density at radius 3 is 2.62 bits per heavy atom. The summed E-state index contributed by atoms with van der Waals surface area (Å²) in [6.07, 6.45) is 3.86. The average molecular weight is 243 g/mol. The molecule has 0 aliphatic carbocycles. The van der Waals surface area contributed by atoms with Crippen LogP contribution >= 0.6 is 12.2 Å². The maximum absolute atomic E-state index is 5.18. The molecule has 1 atom stereocenters. The Morgan fingerprint density at radius 1 is 1.31 bits per heavy atom. The van der Waals surface area contributed by atoms with Crippen LogP contribution in [0.25, 0.3) is 0 Å². The molecular formula is C12H25N3S.